The fourth-order valence-electron chi connectivity index (χ4n) is 2.08. The van der Waals surface area contributed by atoms with E-state index in [4.69, 9.17) is 0 Å². The summed E-state index contributed by atoms with van der Waals surface area (Å²) in [6, 6.07) is 0. The van der Waals surface area contributed by atoms with Crippen LogP contribution in [0.3, 0.4) is 0 Å². The zero-order valence-corrected chi connectivity index (χ0v) is 11.2. The van der Waals surface area contributed by atoms with Crippen LogP contribution in [0.15, 0.2) is 4.90 Å². The Hall–Kier alpha value is -0.920. The molecule has 2 heterocycles. The summed E-state index contributed by atoms with van der Waals surface area (Å²) in [5.41, 5.74) is 1.16. The van der Waals surface area contributed by atoms with Crippen LogP contribution in [0.4, 0.5) is 0 Å². The predicted molar refractivity (Wildman–Crippen MR) is 64.3 cm³/mol. The maximum atomic E-state index is 12.4. The number of nitrogens with zero attached hydrogens (tertiary/aromatic N) is 3. The quantitative estimate of drug-likeness (QED) is 0.808. The molecule has 7 heteroatoms. The van der Waals surface area contributed by atoms with Gasteiger partial charge in [-0.05, 0) is 20.9 Å². The summed E-state index contributed by atoms with van der Waals surface area (Å²) in [6.07, 6.45) is 0. The van der Waals surface area contributed by atoms with Crippen LogP contribution >= 0.6 is 0 Å². The molecule has 1 aliphatic heterocycles. The van der Waals surface area contributed by atoms with E-state index < -0.39 is 10.0 Å². The lowest BCUT2D eigenvalue weighted by molar-refractivity contribution is 0.222. The summed E-state index contributed by atoms with van der Waals surface area (Å²) in [4.78, 5) is 2.46. The average molecular weight is 258 g/mol. The number of sulfonamides is 1. The smallest absolute Gasteiger partial charge is 0.246 e. The van der Waals surface area contributed by atoms with Gasteiger partial charge in [-0.25, -0.2) is 8.42 Å². The van der Waals surface area contributed by atoms with Crippen molar-refractivity contribution in [1.29, 1.82) is 0 Å². The van der Waals surface area contributed by atoms with Gasteiger partial charge in [0.15, 0.2) is 0 Å². The number of hydrogen-bond donors (Lipinski definition) is 1. The summed E-state index contributed by atoms with van der Waals surface area (Å²) >= 11 is 0. The Morgan fingerprint density at radius 1 is 1.18 bits per heavy atom. The van der Waals surface area contributed by atoms with Gasteiger partial charge in [0.25, 0.3) is 0 Å². The van der Waals surface area contributed by atoms with E-state index in [0.717, 1.165) is 13.1 Å². The first kappa shape index (κ1) is 12.5. The third kappa shape index (κ3) is 2.22. The van der Waals surface area contributed by atoms with Crippen molar-refractivity contribution in [3.63, 3.8) is 0 Å². The molecule has 6 nitrogen and oxygen atoms in total. The maximum Gasteiger partial charge on any atom is 0.246 e. The maximum absolute atomic E-state index is 12.4. The van der Waals surface area contributed by atoms with E-state index in [9.17, 15) is 8.42 Å². The Morgan fingerprint density at radius 2 is 1.76 bits per heavy atom. The van der Waals surface area contributed by atoms with Crippen molar-refractivity contribution < 1.29 is 8.42 Å². The van der Waals surface area contributed by atoms with Crippen molar-refractivity contribution in [3.8, 4) is 0 Å². The molecule has 1 aromatic rings. The van der Waals surface area contributed by atoms with Crippen LogP contribution in [0.1, 0.15) is 11.4 Å². The number of likely N-dealkylation sites (N-methyl/N-ethyl adjacent to an activating group) is 1. The number of H-pyrrole nitrogens is 1. The molecular formula is C10H18N4O2S. The number of nitrogens with one attached hydrogen (secondary N) is 1. The standard InChI is InChI=1S/C10H18N4O2S/c1-8-10(9(2)12-11-8)17(15,16)14-6-4-13(3)5-7-14/h4-7H2,1-3H3,(H,11,12). The highest BCUT2D eigenvalue weighted by molar-refractivity contribution is 7.89. The largest absolute Gasteiger partial charge is 0.304 e. The highest BCUT2D eigenvalue weighted by atomic mass is 32.2. The molecule has 0 amide bonds. The first-order valence-electron chi connectivity index (χ1n) is 5.63. The van der Waals surface area contributed by atoms with Crippen LogP contribution in [0.25, 0.3) is 0 Å². The zero-order valence-electron chi connectivity index (χ0n) is 10.4. The van der Waals surface area contributed by atoms with Gasteiger partial charge in [-0.1, -0.05) is 0 Å². The van der Waals surface area contributed by atoms with Crippen molar-refractivity contribution >= 4 is 10.0 Å². The number of hydrogen-bond acceptors (Lipinski definition) is 4. The molecule has 2 rings (SSSR count). The van der Waals surface area contributed by atoms with Crippen molar-refractivity contribution in [1.82, 2.24) is 19.4 Å². The number of aromatic amines is 1. The molecule has 1 aliphatic rings. The van der Waals surface area contributed by atoms with Gasteiger partial charge in [-0.2, -0.15) is 9.40 Å². The summed E-state index contributed by atoms with van der Waals surface area (Å²) in [5.74, 6) is 0. The summed E-state index contributed by atoms with van der Waals surface area (Å²) in [6.45, 7) is 6.09. The number of piperazine rings is 1. The van der Waals surface area contributed by atoms with Crippen molar-refractivity contribution in [2.75, 3.05) is 33.2 Å². The van der Waals surface area contributed by atoms with Crippen molar-refractivity contribution in [2.45, 2.75) is 18.7 Å². The van der Waals surface area contributed by atoms with Gasteiger partial charge in [0.2, 0.25) is 10.0 Å². The SMILES string of the molecule is Cc1n[nH]c(C)c1S(=O)(=O)N1CCN(C)CC1. The Bertz CT molecular complexity index is 481. The highest BCUT2D eigenvalue weighted by Crippen LogP contribution is 2.22. The van der Waals surface area contributed by atoms with Crippen molar-refractivity contribution in [3.05, 3.63) is 11.4 Å². The summed E-state index contributed by atoms with van der Waals surface area (Å²) in [7, 11) is -1.39. The van der Waals surface area contributed by atoms with Gasteiger partial charge in [-0.15, -0.1) is 0 Å². The fourth-order valence-corrected chi connectivity index (χ4v) is 3.83. The normalized spacial score (nSPS) is 19.7. The second-order valence-electron chi connectivity index (χ2n) is 4.47. The Morgan fingerprint density at radius 3 is 2.24 bits per heavy atom. The van der Waals surface area contributed by atoms with E-state index in [2.05, 4.69) is 15.1 Å². The molecule has 1 fully saturated rings. The van der Waals surface area contributed by atoms with E-state index in [-0.39, 0.29) is 0 Å². The summed E-state index contributed by atoms with van der Waals surface area (Å²) in [5, 5.41) is 6.68. The summed E-state index contributed by atoms with van der Waals surface area (Å²) < 4.78 is 26.4. The Labute approximate surface area is 102 Å². The van der Waals surface area contributed by atoms with Gasteiger partial charge in [0.05, 0.1) is 11.4 Å². The van der Waals surface area contributed by atoms with Crippen molar-refractivity contribution in [2.24, 2.45) is 0 Å². The lowest BCUT2D eigenvalue weighted by Crippen LogP contribution is -2.47. The first-order valence-corrected chi connectivity index (χ1v) is 7.07. The van der Waals surface area contributed by atoms with Crippen LogP contribution in [0.5, 0.6) is 0 Å². The number of rotatable bonds is 2. The molecule has 17 heavy (non-hydrogen) atoms. The lowest BCUT2D eigenvalue weighted by atomic mass is 10.4. The van der Waals surface area contributed by atoms with E-state index in [1.807, 2.05) is 7.05 Å². The minimum Gasteiger partial charge on any atom is -0.304 e. The number of aryl methyl sites for hydroxylation is 2. The Kier molecular flexibility index (Phi) is 3.24. The van der Waals surface area contributed by atoms with E-state index in [0.29, 0.717) is 29.4 Å². The van der Waals surface area contributed by atoms with Gasteiger partial charge in [-0.3, -0.25) is 5.10 Å². The Balaban J connectivity index is 2.31. The van der Waals surface area contributed by atoms with Crippen LogP contribution in [-0.4, -0.2) is 61.0 Å². The van der Waals surface area contributed by atoms with Crippen LogP contribution in [0.2, 0.25) is 0 Å². The highest BCUT2D eigenvalue weighted by Gasteiger charge is 2.31. The molecular weight excluding hydrogens is 240 g/mol. The molecule has 0 bridgehead atoms. The van der Waals surface area contributed by atoms with Gasteiger partial charge in [0.1, 0.15) is 4.90 Å². The molecule has 1 saturated heterocycles. The molecule has 1 aromatic heterocycles. The second-order valence-corrected chi connectivity index (χ2v) is 6.35. The lowest BCUT2D eigenvalue weighted by Gasteiger charge is -2.31. The van der Waals surface area contributed by atoms with E-state index in [1.165, 1.54) is 4.31 Å². The molecule has 1 N–H and O–H groups in total. The van der Waals surface area contributed by atoms with E-state index >= 15 is 0 Å². The average Bonchev–Trinajstić information content (AvgIpc) is 2.59. The molecule has 0 unspecified atom stereocenters. The molecule has 0 aliphatic carbocycles. The molecule has 0 radical (unpaired) electrons. The predicted octanol–water partition coefficient (Wildman–Crippen LogP) is -0.0374. The van der Waals surface area contributed by atoms with Crippen LogP contribution in [-0.2, 0) is 10.0 Å². The zero-order chi connectivity index (χ0) is 12.6. The van der Waals surface area contributed by atoms with E-state index in [1.54, 1.807) is 13.8 Å². The molecule has 0 aromatic carbocycles. The minimum atomic E-state index is -3.39. The third-order valence-electron chi connectivity index (χ3n) is 3.12. The topological polar surface area (TPSA) is 69.3 Å². The molecule has 96 valence electrons. The fraction of sp³-hybridized carbons (Fsp3) is 0.700. The third-order valence-corrected chi connectivity index (χ3v) is 5.28. The van der Waals surface area contributed by atoms with Gasteiger partial charge < -0.3 is 4.90 Å². The minimum absolute atomic E-state index is 0.335. The van der Waals surface area contributed by atoms with Crippen LogP contribution in [0, 0.1) is 13.8 Å². The molecule has 0 saturated carbocycles. The molecule has 0 spiro atoms. The molecule has 0 atom stereocenters. The van der Waals surface area contributed by atoms with Crippen LogP contribution < -0.4 is 0 Å². The van der Waals surface area contributed by atoms with Gasteiger partial charge in [0, 0.05) is 26.2 Å². The first-order chi connectivity index (χ1) is 7.93. The monoisotopic (exact) mass is 258 g/mol. The van der Waals surface area contributed by atoms with Gasteiger partial charge >= 0.3 is 0 Å². The number of aromatic nitrogens is 2. The second kappa shape index (κ2) is 4.40.